The largest absolute Gasteiger partial charge is 0.460 e. The number of amides is 1. The van der Waals surface area contributed by atoms with E-state index in [0.717, 1.165) is 25.7 Å². The van der Waals surface area contributed by atoms with Crippen LogP contribution in [0.1, 0.15) is 74.7 Å². The summed E-state index contributed by atoms with van der Waals surface area (Å²) in [6.07, 6.45) is 4.67. The monoisotopic (exact) mass is 359 g/mol. The number of isothiocyanates is 1. The lowest BCUT2D eigenvalue weighted by Crippen LogP contribution is -2.26. The molecule has 0 aliphatic heterocycles. The number of thiocarbonyl (C=S) groups is 1. The van der Waals surface area contributed by atoms with Gasteiger partial charge >= 0.3 is 5.97 Å². The van der Waals surface area contributed by atoms with Crippen molar-refractivity contribution in [3.63, 3.8) is 0 Å². The summed E-state index contributed by atoms with van der Waals surface area (Å²) in [7, 11) is 0. The molecule has 0 N–H and O–H groups in total. The number of carbonyl (C=O) groups excluding carboxylic acids is 2. The molecule has 1 aliphatic carbocycles. The lowest BCUT2D eigenvalue weighted by atomic mass is 9.77. The minimum atomic E-state index is -0.416. The standard InChI is InChI=1S/C20H25NO3S/c1-20(2,3)24-18(22)12-14-4-6-15(7-5-14)16-8-10-17(11-9-16)19(23)21-13-25/h8-11,14-15H,4-7,12H2,1-3H3. The number of ether oxygens (including phenoxy) is 1. The van der Waals surface area contributed by atoms with E-state index in [1.54, 1.807) is 12.1 Å². The van der Waals surface area contributed by atoms with Gasteiger partial charge < -0.3 is 4.74 Å². The molecule has 1 aromatic carbocycles. The number of rotatable bonds is 4. The fourth-order valence-corrected chi connectivity index (χ4v) is 3.41. The third kappa shape index (κ3) is 6.18. The zero-order chi connectivity index (χ0) is 18.4. The minimum absolute atomic E-state index is 0.0992. The summed E-state index contributed by atoms with van der Waals surface area (Å²) in [6, 6.07) is 7.57. The number of hydrogen-bond acceptors (Lipinski definition) is 4. The topological polar surface area (TPSA) is 55.7 Å². The van der Waals surface area contributed by atoms with Crippen LogP contribution in [0.3, 0.4) is 0 Å². The molecule has 0 atom stereocenters. The molecule has 0 radical (unpaired) electrons. The smallest absolute Gasteiger partial charge is 0.306 e. The van der Waals surface area contributed by atoms with Crippen LogP contribution in [0.25, 0.3) is 0 Å². The lowest BCUT2D eigenvalue weighted by molar-refractivity contribution is -0.156. The summed E-state index contributed by atoms with van der Waals surface area (Å²) < 4.78 is 5.42. The van der Waals surface area contributed by atoms with Crippen LogP contribution in [0.15, 0.2) is 29.3 Å². The van der Waals surface area contributed by atoms with Crippen LogP contribution in [-0.2, 0) is 9.53 Å². The van der Waals surface area contributed by atoms with Gasteiger partial charge in [0.25, 0.3) is 5.91 Å². The van der Waals surface area contributed by atoms with Gasteiger partial charge in [0.1, 0.15) is 5.60 Å². The summed E-state index contributed by atoms with van der Waals surface area (Å²) in [5.74, 6) is 0.428. The van der Waals surface area contributed by atoms with Gasteiger partial charge in [0.2, 0.25) is 0 Å². The molecule has 4 nitrogen and oxygen atoms in total. The molecule has 0 saturated heterocycles. The molecule has 1 saturated carbocycles. The summed E-state index contributed by atoms with van der Waals surface area (Å²) in [5.41, 5.74) is 1.35. The van der Waals surface area contributed by atoms with Gasteiger partial charge in [-0.15, -0.1) is 0 Å². The molecule has 1 amide bonds. The van der Waals surface area contributed by atoms with E-state index in [0.29, 0.717) is 23.8 Å². The maximum Gasteiger partial charge on any atom is 0.306 e. The number of esters is 1. The van der Waals surface area contributed by atoms with Gasteiger partial charge in [0.15, 0.2) is 0 Å². The Morgan fingerprint density at radius 3 is 2.28 bits per heavy atom. The Kier molecular flexibility index (Phi) is 6.63. The lowest BCUT2D eigenvalue weighted by Gasteiger charge is -2.29. The summed E-state index contributed by atoms with van der Waals surface area (Å²) >= 11 is 4.46. The highest BCUT2D eigenvalue weighted by Crippen LogP contribution is 2.37. The molecule has 0 aromatic heterocycles. The first kappa shape index (κ1) is 19.5. The number of aliphatic imine (C=N–C) groups is 1. The molecule has 1 aromatic rings. The first-order valence-electron chi connectivity index (χ1n) is 8.72. The van der Waals surface area contributed by atoms with E-state index in [1.807, 2.05) is 32.9 Å². The highest BCUT2D eigenvalue weighted by atomic mass is 32.1. The Labute approximate surface area is 154 Å². The van der Waals surface area contributed by atoms with Crippen molar-refractivity contribution in [2.24, 2.45) is 10.9 Å². The van der Waals surface area contributed by atoms with Gasteiger partial charge in [0, 0.05) is 12.0 Å². The van der Waals surface area contributed by atoms with Crippen LogP contribution in [0, 0.1) is 5.92 Å². The fourth-order valence-electron chi connectivity index (χ4n) is 3.32. The second kappa shape index (κ2) is 8.50. The summed E-state index contributed by atoms with van der Waals surface area (Å²) in [4.78, 5) is 27.1. The molecule has 1 fully saturated rings. The van der Waals surface area contributed by atoms with Crippen molar-refractivity contribution in [3.8, 4) is 0 Å². The average molecular weight is 359 g/mol. The van der Waals surface area contributed by atoms with Crippen molar-refractivity contribution < 1.29 is 14.3 Å². The van der Waals surface area contributed by atoms with Gasteiger partial charge in [0.05, 0.1) is 5.16 Å². The van der Waals surface area contributed by atoms with Crippen LogP contribution in [0.5, 0.6) is 0 Å². The molecule has 0 spiro atoms. The Balaban J connectivity index is 1.86. The third-order valence-corrected chi connectivity index (χ3v) is 4.59. The average Bonchev–Trinajstić information content (AvgIpc) is 2.54. The molecule has 2 rings (SSSR count). The van der Waals surface area contributed by atoms with Gasteiger partial charge in [-0.25, -0.2) is 0 Å². The van der Waals surface area contributed by atoms with E-state index in [1.165, 1.54) is 5.56 Å². The molecule has 5 heteroatoms. The molecule has 0 bridgehead atoms. The Bertz CT molecular complexity index is 661. The predicted molar refractivity (Wildman–Crippen MR) is 101 cm³/mol. The van der Waals surface area contributed by atoms with Crippen LogP contribution in [-0.4, -0.2) is 22.6 Å². The predicted octanol–water partition coefficient (Wildman–Crippen LogP) is 4.94. The van der Waals surface area contributed by atoms with Crippen LogP contribution in [0.2, 0.25) is 0 Å². The second-order valence-corrected chi connectivity index (χ2v) is 7.82. The van der Waals surface area contributed by atoms with E-state index in [2.05, 4.69) is 22.4 Å². The van der Waals surface area contributed by atoms with E-state index < -0.39 is 5.60 Å². The zero-order valence-corrected chi connectivity index (χ0v) is 15.9. The SMILES string of the molecule is CC(C)(C)OC(=O)CC1CCC(c2ccc(C(=O)N=C=S)cc2)CC1. The molecule has 0 heterocycles. The van der Waals surface area contributed by atoms with Crippen molar-refractivity contribution in [1.82, 2.24) is 0 Å². The van der Waals surface area contributed by atoms with E-state index >= 15 is 0 Å². The number of nitrogens with zero attached hydrogens (tertiary/aromatic N) is 1. The summed E-state index contributed by atoms with van der Waals surface area (Å²) in [6.45, 7) is 5.69. The first-order chi connectivity index (χ1) is 11.8. The van der Waals surface area contributed by atoms with Gasteiger partial charge in [-0.05, 0) is 88.2 Å². The van der Waals surface area contributed by atoms with Crippen LogP contribution < -0.4 is 0 Å². The van der Waals surface area contributed by atoms with Crippen molar-refractivity contribution in [2.75, 3.05) is 0 Å². The molecule has 0 unspecified atom stereocenters. The molecular formula is C20H25NO3S. The Morgan fingerprint density at radius 1 is 1.16 bits per heavy atom. The molecule has 1 aliphatic rings. The van der Waals surface area contributed by atoms with Crippen molar-refractivity contribution >= 4 is 29.3 Å². The Morgan fingerprint density at radius 2 is 1.76 bits per heavy atom. The molecular weight excluding hydrogens is 334 g/mol. The van der Waals surface area contributed by atoms with Crippen LogP contribution in [0.4, 0.5) is 0 Å². The van der Waals surface area contributed by atoms with Crippen molar-refractivity contribution in [2.45, 2.75) is 64.4 Å². The maximum absolute atomic E-state index is 12.0. The fraction of sp³-hybridized carbons (Fsp3) is 0.550. The number of carbonyl (C=O) groups is 2. The second-order valence-electron chi connectivity index (χ2n) is 7.64. The normalized spacial score (nSPS) is 20.4. The first-order valence-corrected chi connectivity index (χ1v) is 9.13. The highest BCUT2D eigenvalue weighted by molar-refractivity contribution is 7.78. The number of benzene rings is 1. The van der Waals surface area contributed by atoms with Gasteiger partial charge in [-0.3, -0.25) is 9.59 Å². The van der Waals surface area contributed by atoms with Crippen molar-refractivity contribution in [3.05, 3.63) is 35.4 Å². The highest BCUT2D eigenvalue weighted by Gasteiger charge is 2.26. The van der Waals surface area contributed by atoms with Gasteiger partial charge in [-0.1, -0.05) is 12.1 Å². The molecule has 25 heavy (non-hydrogen) atoms. The van der Waals surface area contributed by atoms with E-state index in [9.17, 15) is 9.59 Å². The molecule has 134 valence electrons. The maximum atomic E-state index is 12.0. The third-order valence-electron chi connectivity index (χ3n) is 4.50. The quantitative estimate of drug-likeness (QED) is 0.434. The zero-order valence-electron chi connectivity index (χ0n) is 15.1. The van der Waals surface area contributed by atoms with Gasteiger partial charge in [-0.2, -0.15) is 4.99 Å². The van der Waals surface area contributed by atoms with E-state index in [-0.39, 0.29) is 11.9 Å². The Hall–Kier alpha value is -1.84. The van der Waals surface area contributed by atoms with E-state index in [4.69, 9.17) is 4.74 Å². The number of hydrogen-bond donors (Lipinski definition) is 0. The van der Waals surface area contributed by atoms with Crippen LogP contribution >= 0.6 is 12.2 Å². The minimum Gasteiger partial charge on any atom is -0.460 e. The summed E-state index contributed by atoms with van der Waals surface area (Å²) in [5, 5.41) is 2.10. The van der Waals surface area contributed by atoms with Crippen molar-refractivity contribution in [1.29, 1.82) is 0 Å².